The molecule has 0 unspecified atom stereocenters. The van der Waals surface area contributed by atoms with Gasteiger partial charge in [0.15, 0.2) is 11.7 Å². The zero-order chi connectivity index (χ0) is 14.1. The topological polar surface area (TPSA) is 38.1 Å². The second-order valence-electron chi connectivity index (χ2n) is 4.84. The predicted octanol–water partition coefficient (Wildman–Crippen LogP) is 3.68. The fraction of sp³-hybridized carbons (Fsp3) is 0.357. The van der Waals surface area contributed by atoms with Gasteiger partial charge in [0.25, 0.3) is 0 Å². The minimum absolute atomic E-state index is 0.119. The molecule has 3 nitrogen and oxygen atoms in total. The Hall–Kier alpha value is -1.27. The average molecular weight is 343 g/mol. The van der Waals surface area contributed by atoms with Crippen molar-refractivity contribution in [1.29, 1.82) is 0 Å². The summed E-state index contributed by atoms with van der Waals surface area (Å²) in [5.41, 5.74) is -0.179. The quantitative estimate of drug-likeness (QED) is 0.900. The van der Waals surface area contributed by atoms with E-state index in [1.54, 1.807) is 0 Å². The number of hydrogen-bond donors (Lipinski definition) is 1. The number of oxazole rings is 1. The van der Waals surface area contributed by atoms with Gasteiger partial charge in [-0.1, -0.05) is 15.9 Å². The number of nitrogens with zero attached hydrogens (tertiary/aromatic N) is 1. The molecule has 1 aromatic carbocycles. The second-order valence-corrected chi connectivity index (χ2v) is 5.76. The van der Waals surface area contributed by atoms with Crippen LogP contribution in [0.5, 0.6) is 0 Å². The van der Waals surface area contributed by atoms with E-state index in [-0.39, 0.29) is 11.3 Å². The lowest BCUT2D eigenvalue weighted by Crippen LogP contribution is -2.19. The Morgan fingerprint density at radius 2 is 2.00 bits per heavy atom. The summed E-state index contributed by atoms with van der Waals surface area (Å²) in [6, 6.07) is 3.02. The first-order valence-electron chi connectivity index (χ1n) is 6.46. The smallest absolute Gasteiger partial charge is 0.196 e. The largest absolute Gasteiger partial charge is 0.440 e. The van der Waals surface area contributed by atoms with Gasteiger partial charge in [-0.2, -0.15) is 0 Å². The first-order chi connectivity index (χ1) is 9.63. The molecule has 3 rings (SSSR count). The maximum atomic E-state index is 13.8. The molecule has 1 aliphatic carbocycles. The molecule has 0 radical (unpaired) electrons. The molecule has 0 amide bonds. The zero-order valence-electron chi connectivity index (χ0n) is 10.6. The molecule has 1 aromatic heterocycles. The minimum atomic E-state index is -0.671. The summed E-state index contributed by atoms with van der Waals surface area (Å²) >= 11 is 3.04. The van der Waals surface area contributed by atoms with E-state index in [1.165, 1.54) is 31.2 Å². The van der Waals surface area contributed by atoms with Crippen LogP contribution in [-0.2, 0) is 6.42 Å². The maximum absolute atomic E-state index is 13.8. The maximum Gasteiger partial charge on any atom is 0.196 e. The van der Waals surface area contributed by atoms with Crippen LogP contribution >= 0.6 is 15.9 Å². The Bertz CT molecular complexity index is 602. The summed E-state index contributed by atoms with van der Waals surface area (Å²) in [4.78, 5) is 4.06. The van der Waals surface area contributed by atoms with E-state index in [1.807, 2.05) is 0 Å². The van der Waals surface area contributed by atoms with Crippen molar-refractivity contribution in [1.82, 2.24) is 10.3 Å². The van der Waals surface area contributed by atoms with Gasteiger partial charge in [-0.05, 0) is 25.0 Å². The van der Waals surface area contributed by atoms with Crippen LogP contribution in [0.4, 0.5) is 8.78 Å². The van der Waals surface area contributed by atoms with E-state index in [4.69, 9.17) is 4.42 Å². The Morgan fingerprint density at radius 1 is 1.30 bits per heavy atom. The Kier molecular flexibility index (Phi) is 3.85. The molecular weight excluding hydrogens is 330 g/mol. The van der Waals surface area contributed by atoms with Crippen LogP contribution in [0.2, 0.25) is 0 Å². The van der Waals surface area contributed by atoms with Gasteiger partial charge in [-0.25, -0.2) is 13.8 Å². The highest BCUT2D eigenvalue weighted by atomic mass is 79.9. The molecular formula is C14H13BrF2N2O. The van der Waals surface area contributed by atoms with Crippen molar-refractivity contribution in [2.24, 2.45) is 0 Å². The first kappa shape index (κ1) is 13.7. The number of nitrogens with one attached hydrogen (secondary N) is 1. The lowest BCUT2D eigenvalue weighted by molar-refractivity contribution is 0.486. The van der Waals surface area contributed by atoms with Crippen LogP contribution in [0.1, 0.15) is 18.7 Å². The highest BCUT2D eigenvalue weighted by molar-refractivity contribution is 9.10. The molecule has 2 aromatic rings. The van der Waals surface area contributed by atoms with Crippen LogP contribution in [-0.4, -0.2) is 17.6 Å². The summed E-state index contributed by atoms with van der Waals surface area (Å²) in [7, 11) is 0. The summed E-state index contributed by atoms with van der Waals surface area (Å²) in [6.45, 7) is 0.760. The molecule has 1 N–H and O–H groups in total. The van der Waals surface area contributed by atoms with Gasteiger partial charge in [0.1, 0.15) is 11.6 Å². The second kappa shape index (κ2) is 5.61. The van der Waals surface area contributed by atoms with E-state index in [2.05, 4.69) is 26.2 Å². The van der Waals surface area contributed by atoms with Crippen molar-refractivity contribution in [3.63, 3.8) is 0 Å². The summed E-state index contributed by atoms with van der Waals surface area (Å²) in [5.74, 6) is -0.741. The summed E-state index contributed by atoms with van der Waals surface area (Å²) < 4.78 is 33.4. The monoisotopic (exact) mass is 342 g/mol. The molecule has 1 fully saturated rings. The minimum Gasteiger partial charge on any atom is -0.440 e. The van der Waals surface area contributed by atoms with Crippen LogP contribution in [0, 0.1) is 11.6 Å². The van der Waals surface area contributed by atoms with E-state index >= 15 is 0 Å². The lowest BCUT2D eigenvalue weighted by atomic mass is 10.1. The number of halogens is 3. The lowest BCUT2D eigenvalue weighted by Gasteiger charge is -2.02. The van der Waals surface area contributed by atoms with E-state index in [0.29, 0.717) is 22.8 Å². The fourth-order valence-electron chi connectivity index (χ4n) is 1.99. The van der Waals surface area contributed by atoms with Crippen LogP contribution in [0.3, 0.4) is 0 Å². The number of rotatable bonds is 5. The third-order valence-electron chi connectivity index (χ3n) is 3.16. The van der Waals surface area contributed by atoms with Crippen molar-refractivity contribution in [3.8, 4) is 11.3 Å². The van der Waals surface area contributed by atoms with Gasteiger partial charge in [-0.15, -0.1) is 0 Å². The third-order valence-corrected chi connectivity index (χ3v) is 3.61. The van der Waals surface area contributed by atoms with Crippen LogP contribution < -0.4 is 5.32 Å². The van der Waals surface area contributed by atoms with Crippen LogP contribution in [0.25, 0.3) is 11.3 Å². The number of aromatic nitrogens is 1. The molecule has 1 aliphatic rings. The first-order valence-corrected chi connectivity index (χ1v) is 7.26. The Balaban J connectivity index is 1.75. The predicted molar refractivity (Wildman–Crippen MR) is 74.3 cm³/mol. The van der Waals surface area contributed by atoms with Gasteiger partial charge >= 0.3 is 0 Å². The molecule has 0 bridgehead atoms. The highest BCUT2D eigenvalue weighted by Gasteiger charge is 2.20. The van der Waals surface area contributed by atoms with Crippen molar-refractivity contribution in [2.45, 2.75) is 25.3 Å². The van der Waals surface area contributed by atoms with Gasteiger partial charge < -0.3 is 9.73 Å². The molecule has 0 aliphatic heterocycles. The molecule has 106 valence electrons. The van der Waals surface area contributed by atoms with Crippen LogP contribution in [0.15, 0.2) is 27.2 Å². The van der Waals surface area contributed by atoms with Crippen molar-refractivity contribution >= 4 is 15.9 Å². The van der Waals surface area contributed by atoms with Gasteiger partial charge in [-0.3, -0.25) is 0 Å². The van der Waals surface area contributed by atoms with Crippen molar-refractivity contribution < 1.29 is 13.2 Å². The van der Waals surface area contributed by atoms with Gasteiger partial charge in [0, 0.05) is 23.5 Å². The molecule has 20 heavy (non-hydrogen) atoms. The van der Waals surface area contributed by atoms with E-state index in [9.17, 15) is 8.78 Å². The fourth-order valence-corrected chi connectivity index (χ4v) is 2.39. The molecule has 1 saturated carbocycles. The van der Waals surface area contributed by atoms with Gasteiger partial charge in [0.2, 0.25) is 0 Å². The average Bonchev–Trinajstić information content (AvgIpc) is 3.07. The number of benzene rings is 1. The molecule has 6 heteroatoms. The molecule has 0 atom stereocenters. The number of hydrogen-bond acceptors (Lipinski definition) is 3. The molecule has 0 saturated heterocycles. The third kappa shape index (κ3) is 3.07. The SMILES string of the molecule is Fc1cc(Br)cc(F)c1-c1cnc(CCNC2CC2)o1. The van der Waals surface area contributed by atoms with Crippen molar-refractivity contribution in [2.75, 3.05) is 6.54 Å². The van der Waals surface area contributed by atoms with E-state index < -0.39 is 11.6 Å². The Labute approximate surface area is 123 Å². The summed E-state index contributed by atoms with van der Waals surface area (Å²) in [5, 5.41) is 3.33. The standard InChI is InChI=1S/C14H13BrF2N2O/c15-8-5-10(16)14(11(17)6-8)12-7-19-13(20-12)3-4-18-9-1-2-9/h5-7,9,18H,1-4H2. The van der Waals surface area contributed by atoms with Gasteiger partial charge in [0.05, 0.1) is 11.8 Å². The van der Waals surface area contributed by atoms with E-state index in [0.717, 1.165) is 6.54 Å². The Morgan fingerprint density at radius 3 is 2.65 bits per heavy atom. The normalized spacial score (nSPS) is 14.8. The molecule has 1 heterocycles. The molecule has 0 spiro atoms. The van der Waals surface area contributed by atoms with Crippen molar-refractivity contribution in [3.05, 3.63) is 40.3 Å². The zero-order valence-corrected chi connectivity index (χ0v) is 12.2. The highest BCUT2D eigenvalue weighted by Crippen LogP contribution is 2.29. The summed E-state index contributed by atoms with van der Waals surface area (Å²) in [6.07, 6.45) is 4.40.